The molecule has 0 aliphatic rings. The molecule has 0 aliphatic heterocycles. The van der Waals surface area contributed by atoms with E-state index in [-0.39, 0.29) is 0 Å². The molecule has 1 N–H and O–H groups in total. The number of rotatable bonds is 7. The number of thiazole rings is 1. The summed E-state index contributed by atoms with van der Waals surface area (Å²) in [6.07, 6.45) is 5.40. The fourth-order valence-corrected chi connectivity index (χ4v) is 2.54. The predicted octanol–water partition coefficient (Wildman–Crippen LogP) is 3.11. The Morgan fingerprint density at radius 3 is 2.93 bits per heavy atom. The van der Waals surface area contributed by atoms with Crippen LogP contribution < -0.4 is 5.32 Å². The molecule has 0 bridgehead atoms. The predicted molar refractivity (Wildman–Crippen MR) is 70.9 cm³/mol. The molecular weight excluding hydrogens is 224 g/mol. The van der Waals surface area contributed by atoms with Crippen LogP contribution in [0.5, 0.6) is 0 Å². The van der Waals surface area contributed by atoms with E-state index in [1.807, 2.05) is 29.3 Å². The molecule has 1 aromatic rings. The molecule has 1 aromatic heterocycles. The second-order valence-corrected chi connectivity index (χ2v) is 5.97. The van der Waals surface area contributed by atoms with Gasteiger partial charge in [-0.25, -0.2) is 4.98 Å². The van der Waals surface area contributed by atoms with E-state index in [0.29, 0.717) is 5.92 Å². The van der Waals surface area contributed by atoms with Gasteiger partial charge < -0.3 is 5.32 Å². The van der Waals surface area contributed by atoms with Gasteiger partial charge in [-0.3, -0.25) is 0 Å². The summed E-state index contributed by atoms with van der Waals surface area (Å²) in [6, 6.07) is 0. The standard InChI is InChI=1S/C11H20N2S2/c1-9(2)10-7-13-11(15-10)8-12-5-4-6-14-3/h7,9,12H,4-6,8H2,1-3H3. The van der Waals surface area contributed by atoms with Crippen LogP contribution in [0.15, 0.2) is 6.20 Å². The Balaban J connectivity index is 2.20. The van der Waals surface area contributed by atoms with E-state index in [1.54, 1.807) is 0 Å². The van der Waals surface area contributed by atoms with Crippen molar-refractivity contribution in [3.05, 3.63) is 16.1 Å². The number of nitrogens with one attached hydrogen (secondary N) is 1. The molecule has 0 spiro atoms. The van der Waals surface area contributed by atoms with Crippen molar-refractivity contribution in [1.29, 1.82) is 0 Å². The third-order valence-corrected chi connectivity index (χ3v) is 4.11. The number of aromatic nitrogens is 1. The van der Waals surface area contributed by atoms with Gasteiger partial charge in [0.25, 0.3) is 0 Å². The van der Waals surface area contributed by atoms with Gasteiger partial charge in [-0.1, -0.05) is 13.8 Å². The zero-order valence-corrected chi connectivity index (χ0v) is 11.4. The van der Waals surface area contributed by atoms with Crippen LogP contribution in [0.2, 0.25) is 0 Å². The smallest absolute Gasteiger partial charge is 0.107 e. The van der Waals surface area contributed by atoms with Crippen LogP contribution in [-0.2, 0) is 6.54 Å². The van der Waals surface area contributed by atoms with Gasteiger partial charge in [-0.15, -0.1) is 11.3 Å². The average Bonchev–Trinajstić information content (AvgIpc) is 2.66. The van der Waals surface area contributed by atoms with Crippen molar-refractivity contribution in [2.75, 3.05) is 18.6 Å². The zero-order valence-electron chi connectivity index (χ0n) is 9.75. The highest BCUT2D eigenvalue weighted by atomic mass is 32.2. The molecule has 86 valence electrons. The lowest BCUT2D eigenvalue weighted by molar-refractivity contribution is 0.676. The highest BCUT2D eigenvalue weighted by Crippen LogP contribution is 2.21. The second kappa shape index (κ2) is 7.25. The Hall–Kier alpha value is -0.0600. The summed E-state index contributed by atoms with van der Waals surface area (Å²) in [5.41, 5.74) is 0. The highest BCUT2D eigenvalue weighted by molar-refractivity contribution is 7.98. The molecule has 0 saturated carbocycles. The normalized spacial score (nSPS) is 11.2. The minimum absolute atomic E-state index is 0.604. The van der Waals surface area contributed by atoms with E-state index in [4.69, 9.17) is 0 Å². The minimum Gasteiger partial charge on any atom is -0.310 e. The van der Waals surface area contributed by atoms with Crippen molar-refractivity contribution in [3.8, 4) is 0 Å². The van der Waals surface area contributed by atoms with E-state index in [2.05, 4.69) is 30.4 Å². The van der Waals surface area contributed by atoms with E-state index >= 15 is 0 Å². The fourth-order valence-electron chi connectivity index (χ4n) is 1.21. The van der Waals surface area contributed by atoms with Crippen LogP contribution >= 0.6 is 23.1 Å². The quantitative estimate of drug-likeness (QED) is 0.746. The first-order valence-electron chi connectivity index (χ1n) is 5.38. The maximum absolute atomic E-state index is 4.41. The topological polar surface area (TPSA) is 24.9 Å². The lowest BCUT2D eigenvalue weighted by Crippen LogP contribution is -2.14. The summed E-state index contributed by atoms with van der Waals surface area (Å²) in [6.45, 7) is 6.44. The summed E-state index contributed by atoms with van der Waals surface area (Å²) in [4.78, 5) is 5.79. The molecule has 0 unspecified atom stereocenters. The fraction of sp³-hybridized carbons (Fsp3) is 0.727. The third kappa shape index (κ3) is 5.00. The summed E-state index contributed by atoms with van der Waals surface area (Å²) in [5.74, 6) is 1.84. The molecule has 0 aromatic carbocycles. The number of nitrogens with zero attached hydrogens (tertiary/aromatic N) is 1. The maximum atomic E-state index is 4.41. The van der Waals surface area contributed by atoms with E-state index in [1.165, 1.54) is 22.1 Å². The van der Waals surface area contributed by atoms with Gasteiger partial charge in [-0.05, 0) is 30.9 Å². The largest absolute Gasteiger partial charge is 0.310 e. The highest BCUT2D eigenvalue weighted by Gasteiger charge is 2.04. The maximum Gasteiger partial charge on any atom is 0.107 e. The second-order valence-electron chi connectivity index (χ2n) is 3.83. The number of thioether (sulfide) groups is 1. The van der Waals surface area contributed by atoms with Crippen molar-refractivity contribution >= 4 is 23.1 Å². The van der Waals surface area contributed by atoms with E-state index < -0.39 is 0 Å². The van der Waals surface area contributed by atoms with Crippen LogP contribution in [0.4, 0.5) is 0 Å². The SMILES string of the molecule is CSCCCNCc1ncc(C(C)C)s1. The molecule has 0 aliphatic carbocycles. The Bertz CT molecular complexity index is 271. The lowest BCUT2D eigenvalue weighted by Gasteiger charge is -2.01. The van der Waals surface area contributed by atoms with Crippen LogP contribution in [-0.4, -0.2) is 23.5 Å². The van der Waals surface area contributed by atoms with Gasteiger partial charge in [0, 0.05) is 17.6 Å². The van der Waals surface area contributed by atoms with Crippen LogP contribution in [0.3, 0.4) is 0 Å². The van der Waals surface area contributed by atoms with E-state index in [0.717, 1.165) is 13.1 Å². The summed E-state index contributed by atoms with van der Waals surface area (Å²) in [5, 5.41) is 4.63. The minimum atomic E-state index is 0.604. The molecule has 15 heavy (non-hydrogen) atoms. The van der Waals surface area contributed by atoms with Crippen LogP contribution in [0.25, 0.3) is 0 Å². The molecule has 1 rings (SSSR count). The van der Waals surface area contributed by atoms with Crippen molar-refractivity contribution < 1.29 is 0 Å². The molecule has 1 heterocycles. The van der Waals surface area contributed by atoms with E-state index in [9.17, 15) is 0 Å². The summed E-state index contributed by atoms with van der Waals surface area (Å²) in [7, 11) is 0. The lowest BCUT2D eigenvalue weighted by atomic mass is 10.2. The molecule has 0 saturated heterocycles. The van der Waals surface area contributed by atoms with Crippen LogP contribution in [0, 0.1) is 0 Å². The Morgan fingerprint density at radius 1 is 1.53 bits per heavy atom. The first-order valence-corrected chi connectivity index (χ1v) is 7.59. The van der Waals surface area contributed by atoms with Gasteiger partial charge in [0.2, 0.25) is 0 Å². The third-order valence-electron chi connectivity index (χ3n) is 2.12. The zero-order chi connectivity index (χ0) is 11.1. The summed E-state index contributed by atoms with van der Waals surface area (Å²) < 4.78 is 0. The first-order chi connectivity index (χ1) is 7.24. The van der Waals surface area contributed by atoms with Gasteiger partial charge in [-0.2, -0.15) is 11.8 Å². The summed E-state index contributed by atoms with van der Waals surface area (Å²) >= 11 is 3.73. The van der Waals surface area contributed by atoms with Gasteiger partial charge >= 0.3 is 0 Å². The van der Waals surface area contributed by atoms with Crippen molar-refractivity contribution in [2.24, 2.45) is 0 Å². The van der Waals surface area contributed by atoms with Crippen molar-refractivity contribution in [2.45, 2.75) is 32.7 Å². The van der Waals surface area contributed by atoms with Gasteiger partial charge in [0.05, 0.1) is 0 Å². The Morgan fingerprint density at radius 2 is 2.33 bits per heavy atom. The van der Waals surface area contributed by atoms with Gasteiger partial charge in [0.15, 0.2) is 0 Å². The number of hydrogen-bond donors (Lipinski definition) is 1. The van der Waals surface area contributed by atoms with Crippen LogP contribution in [0.1, 0.15) is 36.1 Å². The molecular formula is C11H20N2S2. The molecule has 0 amide bonds. The monoisotopic (exact) mass is 244 g/mol. The molecule has 0 fully saturated rings. The Labute approximate surface area is 101 Å². The van der Waals surface area contributed by atoms with Gasteiger partial charge in [0.1, 0.15) is 5.01 Å². The molecule has 4 heteroatoms. The average molecular weight is 244 g/mol. The molecule has 2 nitrogen and oxygen atoms in total. The Kier molecular flexibility index (Phi) is 6.29. The van der Waals surface area contributed by atoms with Crippen molar-refractivity contribution in [1.82, 2.24) is 10.3 Å². The first kappa shape index (κ1) is 13.0. The molecule has 0 radical (unpaired) electrons. The van der Waals surface area contributed by atoms with Crippen molar-refractivity contribution in [3.63, 3.8) is 0 Å². The molecule has 0 atom stereocenters. The number of hydrogen-bond acceptors (Lipinski definition) is 4.